The smallest absolute Gasteiger partial charge is 0.233 e. The summed E-state index contributed by atoms with van der Waals surface area (Å²) in [5.74, 6) is 0.866. The number of carbonyl (C=O) groups excluding carboxylic acids is 3. The van der Waals surface area contributed by atoms with Gasteiger partial charge in [0.05, 0.1) is 11.8 Å². The molecule has 2 atom stereocenters. The third kappa shape index (κ3) is 3.92. The van der Waals surface area contributed by atoms with Gasteiger partial charge >= 0.3 is 0 Å². The topological polar surface area (TPSA) is 97.2 Å². The second-order valence-corrected chi connectivity index (χ2v) is 7.72. The standard InChI is InChI=1S/C21H25N5O3/c1-14-22-9-11-25(14)18-12-15(6-8-23-18)13-24-19(27)7-10-26-20(28)16-4-2-3-5-17(16)21(26)29/h6,8-9,11-12,16-17H,2-5,7,10,13H2,1H3,(H,24,27)/t16-,17-/m1/s1. The molecule has 0 spiro atoms. The number of nitrogens with one attached hydrogen (secondary N) is 1. The van der Waals surface area contributed by atoms with Gasteiger partial charge in [0.2, 0.25) is 17.7 Å². The monoisotopic (exact) mass is 395 g/mol. The van der Waals surface area contributed by atoms with E-state index in [1.54, 1.807) is 12.4 Å². The third-order valence-electron chi connectivity index (χ3n) is 5.87. The number of amides is 3. The molecule has 8 heteroatoms. The molecule has 2 aliphatic rings. The van der Waals surface area contributed by atoms with Crippen molar-refractivity contribution in [2.75, 3.05) is 6.54 Å². The van der Waals surface area contributed by atoms with Crippen molar-refractivity contribution in [3.8, 4) is 5.82 Å². The van der Waals surface area contributed by atoms with Crippen molar-refractivity contribution in [2.45, 2.75) is 45.6 Å². The molecular formula is C21H25N5O3. The highest BCUT2D eigenvalue weighted by Crippen LogP contribution is 2.37. The zero-order valence-electron chi connectivity index (χ0n) is 16.5. The van der Waals surface area contributed by atoms with Gasteiger partial charge in [-0.2, -0.15) is 0 Å². The maximum absolute atomic E-state index is 12.5. The van der Waals surface area contributed by atoms with Crippen LogP contribution in [0.2, 0.25) is 0 Å². The van der Waals surface area contributed by atoms with Gasteiger partial charge < -0.3 is 5.32 Å². The summed E-state index contributed by atoms with van der Waals surface area (Å²) >= 11 is 0. The number of fused-ring (bicyclic) bond motifs is 1. The zero-order chi connectivity index (χ0) is 20.4. The Bertz CT molecular complexity index is 914. The fourth-order valence-electron chi connectivity index (χ4n) is 4.28. The summed E-state index contributed by atoms with van der Waals surface area (Å²) in [7, 11) is 0. The largest absolute Gasteiger partial charge is 0.352 e. The summed E-state index contributed by atoms with van der Waals surface area (Å²) in [5.41, 5.74) is 0.913. The maximum Gasteiger partial charge on any atom is 0.233 e. The Morgan fingerprint density at radius 2 is 1.86 bits per heavy atom. The lowest BCUT2D eigenvalue weighted by Crippen LogP contribution is -2.35. The van der Waals surface area contributed by atoms with Crippen LogP contribution in [0.5, 0.6) is 0 Å². The van der Waals surface area contributed by atoms with E-state index in [0.717, 1.165) is 42.9 Å². The fourth-order valence-corrected chi connectivity index (χ4v) is 4.28. The van der Waals surface area contributed by atoms with Crippen molar-refractivity contribution in [1.82, 2.24) is 24.8 Å². The van der Waals surface area contributed by atoms with Crippen LogP contribution in [0.25, 0.3) is 5.82 Å². The number of nitrogens with zero attached hydrogens (tertiary/aromatic N) is 4. The van der Waals surface area contributed by atoms with Gasteiger partial charge in [-0.15, -0.1) is 0 Å². The van der Waals surface area contributed by atoms with Crippen molar-refractivity contribution < 1.29 is 14.4 Å². The van der Waals surface area contributed by atoms with Gasteiger partial charge in [-0.05, 0) is 37.5 Å². The highest BCUT2D eigenvalue weighted by Gasteiger charge is 2.47. The van der Waals surface area contributed by atoms with E-state index in [1.807, 2.05) is 29.8 Å². The number of carbonyl (C=O) groups is 3. The molecule has 3 amide bonds. The number of imidazole rings is 1. The highest BCUT2D eigenvalue weighted by molar-refractivity contribution is 6.05. The second kappa shape index (κ2) is 8.14. The van der Waals surface area contributed by atoms with E-state index < -0.39 is 0 Å². The summed E-state index contributed by atoms with van der Waals surface area (Å²) in [6.45, 7) is 2.41. The minimum absolute atomic E-state index is 0.0954. The number of aromatic nitrogens is 3. The molecule has 1 N–H and O–H groups in total. The molecule has 1 saturated carbocycles. The van der Waals surface area contributed by atoms with Crippen LogP contribution in [-0.4, -0.2) is 43.7 Å². The number of likely N-dealkylation sites (tertiary alicyclic amines) is 1. The van der Waals surface area contributed by atoms with Crippen molar-refractivity contribution in [1.29, 1.82) is 0 Å². The predicted octanol–water partition coefficient (Wildman–Crippen LogP) is 1.76. The van der Waals surface area contributed by atoms with Gasteiger partial charge in [0.1, 0.15) is 11.6 Å². The second-order valence-electron chi connectivity index (χ2n) is 7.72. The summed E-state index contributed by atoms with van der Waals surface area (Å²) in [5, 5.41) is 2.86. The van der Waals surface area contributed by atoms with Crippen LogP contribution in [0.3, 0.4) is 0 Å². The zero-order valence-corrected chi connectivity index (χ0v) is 16.5. The Labute approximate surface area is 169 Å². The van der Waals surface area contributed by atoms with E-state index in [9.17, 15) is 14.4 Å². The molecule has 29 heavy (non-hydrogen) atoms. The Morgan fingerprint density at radius 1 is 1.14 bits per heavy atom. The lowest BCUT2D eigenvalue weighted by molar-refractivity contribution is -0.140. The molecule has 8 nitrogen and oxygen atoms in total. The first-order chi connectivity index (χ1) is 14.0. The van der Waals surface area contributed by atoms with Crippen molar-refractivity contribution in [3.63, 3.8) is 0 Å². The molecule has 4 rings (SSSR count). The van der Waals surface area contributed by atoms with E-state index in [4.69, 9.17) is 0 Å². The molecule has 0 aromatic carbocycles. The molecule has 0 radical (unpaired) electrons. The molecule has 2 fully saturated rings. The Hall–Kier alpha value is -3.03. The Balaban J connectivity index is 1.30. The number of hydrogen-bond donors (Lipinski definition) is 1. The first kappa shape index (κ1) is 19.3. The Morgan fingerprint density at radius 3 is 2.52 bits per heavy atom. The number of imide groups is 1. The number of rotatable bonds is 6. The minimum Gasteiger partial charge on any atom is -0.352 e. The van der Waals surface area contributed by atoms with E-state index >= 15 is 0 Å². The molecule has 1 aliphatic carbocycles. The number of pyridine rings is 1. The van der Waals surface area contributed by atoms with Crippen LogP contribution in [-0.2, 0) is 20.9 Å². The van der Waals surface area contributed by atoms with Crippen molar-refractivity contribution >= 4 is 17.7 Å². The average molecular weight is 395 g/mol. The SMILES string of the molecule is Cc1nccn1-c1cc(CNC(=O)CCN2C(=O)[C@@H]3CCCC[C@H]3C2=O)ccn1. The van der Waals surface area contributed by atoms with Crippen molar-refractivity contribution in [3.05, 3.63) is 42.1 Å². The molecule has 0 unspecified atom stereocenters. The average Bonchev–Trinajstić information content (AvgIpc) is 3.27. The van der Waals surface area contributed by atoms with Gasteiger partial charge in [0.25, 0.3) is 0 Å². The molecule has 1 aliphatic heterocycles. The van der Waals surface area contributed by atoms with Crippen LogP contribution in [0.1, 0.15) is 43.5 Å². The van der Waals surface area contributed by atoms with E-state index in [0.29, 0.717) is 6.54 Å². The first-order valence-corrected chi connectivity index (χ1v) is 10.1. The normalized spacial score (nSPS) is 21.3. The van der Waals surface area contributed by atoms with E-state index in [1.165, 1.54) is 4.90 Å². The fraction of sp³-hybridized carbons (Fsp3) is 0.476. The predicted molar refractivity (Wildman–Crippen MR) is 105 cm³/mol. The summed E-state index contributed by atoms with van der Waals surface area (Å²) in [4.78, 5) is 47.1. The number of hydrogen-bond acceptors (Lipinski definition) is 5. The van der Waals surface area contributed by atoms with E-state index in [-0.39, 0.29) is 42.5 Å². The lowest BCUT2D eigenvalue weighted by atomic mass is 9.81. The molecule has 2 aromatic heterocycles. The molecule has 1 saturated heterocycles. The molecule has 0 bridgehead atoms. The van der Waals surface area contributed by atoms with Crippen LogP contribution in [0.4, 0.5) is 0 Å². The van der Waals surface area contributed by atoms with Crippen LogP contribution < -0.4 is 5.32 Å². The van der Waals surface area contributed by atoms with Gasteiger partial charge in [-0.3, -0.25) is 23.9 Å². The van der Waals surface area contributed by atoms with Gasteiger partial charge in [-0.25, -0.2) is 9.97 Å². The minimum atomic E-state index is -0.183. The molecule has 152 valence electrons. The number of aryl methyl sites for hydroxylation is 1. The van der Waals surface area contributed by atoms with Gasteiger partial charge in [0.15, 0.2) is 0 Å². The van der Waals surface area contributed by atoms with E-state index in [2.05, 4.69) is 15.3 Å². The molecule has 3 heterocycles. The van der Waals surface area contributed by atoms with Gasteiger partial charge in [0, 0.05) is 38.1 Å². The summed E-state index contributed by atoms with van der Waals surface area (Å²) < 4.78 is 1.87. The molecular weight excluding hydrogens is 370 g/mol. The first-order valence-electron chi connectivity index (χ1n) is 10.1. The van der Waals surface area contributed by atoms with Crippen LogP contribution in [0, 0.1) is 18.8 Å². The Kier molecular flexibility index (Phi) is 5.42. The lowest BCUT2D eigenvalue weighted by Gasteiger charge is -2.19. The van der Waals surface area contributed by atoms with Gasteiger partial charge in [-0.1, -0.05) is 12.8 Å². The third-order valence-corrected chi connectivity index (χ3v) is 5.87. The maximum atomic E-state index is 12.5. The quantitative estimate of drug-likeness (QED) is 0.752. The highest BCUT2D eigenvalue weighted by atomic mass is 16.2. The van der Waals surface area contributed by atoms with Crippen LogP contribution in [0.15, 0.2) is 30.7 Å². The molecule has 2 aromatic rings. The summed E-state index contributed by atoms with van der Waals surface area (Å²) in [6, 6.07) is 3.74. The van der Waals surface area contributed by atoms with Crippen LogP contribution >= 0.6 is 0 Å². The summed E-state index contributed by atoms with van der Waals surface area (Å²) in [6.07, 6.45) is 8.94. The van der Waals surface area contributed by atoms with Crippen molar-refractivity contribution in [2.24, 2.45) is 11.8 Å².